The molecule has 0 rings (SSSR count). The average molecular weight is 827 g/mol. The lowest BCUT2D eigenvalue weighted by molar-refractivity contribution is -0.120. The first-order valence-corrected chi connectivity index (χ1v) is 26.0. The average Bonchev–Trinajstić information content (AvgIpc) is 3.25. The molecule has 0 saturated heterocycles. The molecule has 5 nitrogen and oxygen atoms in total. The lowest BCUT2D eigenvalue weighted by Gasteiger charge is -2.22. The molecule has 346 valence electrons. The van der Waals surface area contributed by atoms with Gasteiger partial charge in [-0.25, -0.2) is 0 Å². The van der Waals surface area contributed by atoms with Gasteiger partial charge < -0.3 is 19.7 Å². The van der Waals surface area contributed by atoms with Crippen molar-refractivity contribution < 1.29 is 14.3 Å². The van der Waals surface area contributed by atoms with E-state index < -0.39 is 0 Å². The minimum Gasteiger partial charge on any atom is -0.490 e. The molecule has 0 aliphatic rings. The Kier molecular flexibility index (Phi) is 44.1. The summed E-state index contributed by atoms with van der Waals surface area (Å²) in [4.78, 5) is 14.4. The van der Waals surface area contributed by atoms with Crippen LogP contribution in [0.3, 0.4) is 0 Å². The summed E-state index contributed by atoms with van der Waals surface area (Å²) in [6.07, 6.45) is 43.7. The molecule has 0 aromatic carbocycles. The Balaban J connectivity index is 4.56. The Morgan fingerprint density at radius 3 is 1.44 bits per heavy atom. The Bertz CT molecular complexity index is 989. The van der Waals surface area contributed by atoms with Crippen molar-refractivity contribution in [1.29, 1.82) is 0 Å². The Hall–Kier alpha value is -1.93. The molecule has 0 heterocycles. The van der Waals surface area contributed by atoms with E-state index in [2.05, 4.69) is 62.5 Å². The summed E-state index contributed by atoms with van der Waals surface area (Å²) in [5, 5.41) is 3.07. The lowest BCUT2D eigenvalue weighted by Crippen LogP contribution is -2.31. The molecular weight excluding hydrogens is 725 g/mol. The summed E-state index contributed by atoms with van der Waals surface area (Å²) >= 11 is 0. The zero-order valence-corrected chi connectivity index (χ0v) is 40.5. The highest BCUT2D eigenvalue weighted by molar-refractivity contribution is 5.75. The maximum atomic E-state index is 11.8. The third kappa shape index (κ3) is 38.7. The van der Waals surface area contributed by atoms with Gasteiger partial charge in [-0.05, 0) is 89.8 Å². The largest absolute Gasteiger partial charge is 0.490 e. The highest BCUT2D eigenvalue weighted by atomic mass is 16.5. The van der Waals surface area contributed by atoms with Gasteiger partial charge in [0.25, 0.3) is 0 Å². The van der Waals surface area contributed by atoms with Gasteiger partial charge >= 0.3 is 0 Å². The molecule has 0 aromatic heterocycles. The van der Waals surface area contributed by atoms with Crippen molar-refractivity contribution in [2.24, 2.45) is 5.92 Å². The summed E-state index contributed by atoms with van der Waals surface area (Å²) in [5.74, 6) is 2.92. The number of hydrogen-bond acceptors (Lipinski definition) is 4. The number of ether oxygens (including phenoxy) is 2. The summed E-state index contributed by atoms with van der Waals surface area (Å²) in [6, 6.07) is 0. The molecule has 0 aliphatic heterocycles. The number of carbonyl (C=O) groups excluding carboxylic acids is 1. The van der Waals surface area contributed by atoms with E-state index in [9.17, 15) is 4.79 Å². The lowest BCUT2D eigenvalue weighted by atomic mass is 9.93. The maximum absolute atomic E-state index is 11.8. The summed E-state index contributed by atoms with van der Waals surface area (Å²) in [5.41, 5.74) is 6.27. The van der Waals surface area contributed by atoms with Gasteiger partial charge in [0, 0.05) is 25.8 Å². The second-order valence-corrected chi connectivity index (χ2v) is 17.8. The first-order valence-electron chi connectivity index (χ1n) is 26.0. The topological polar surface area (TPSA) is 50.8 Å². The summed E-state index contributed by atoms with van der Waals surface area (Å²) < 4.78 is 12.8. The molecule has 59 heavy (non-hydrogen) atoms. The molecule has 0 aromatic rings. The van der Waals surface area contributed by atoms with Crippen LogP contribution in [0.25, 0.3) is 0 Å². The van der Waals surface area contributed by atoms with E-state index in [1.165, 1.54) is 180 Å². The smallest absolute Gasteiger partial charge is 0.219 e. The molecule has 0 radical (unpaired) electrons. The third-order valence-corrected chi connectivity index (χ3v) is 12.2. The van der Waals surface area contributed by atoms with E-state index in [0.717, 1.165) is 88.7 Å². The molecule has 0 saturated carbocycles. The van der Waals surface area contributed by atoms with Gasteiger partial charge in [-0.1, -0.05) is 200 Å². The van der Waals surface area contributed by atoms with Gasteiger partial charge in [-0.3, -0.25) is 4.79 Å². The number of carbonyl (C=O) groups is 1. The van der Waals surface area contributed by atoms with Gasteiger partial charge in [-0.2, -0.15) is 0 Å². The fourth-order valence-electron chi connectivity index (χ4n) is 8.23. The predicted molar refractivity (Wildman–Crippen MR) is 259 cm³/mol. The van der Waals surface area contributed by atoms with Gasteiger partial charge in [-0.15, -0.1) is 0 Å². The van der Waals surface area contributed by atoms with Crippen LogP contribution in [-0.2, 0) is 14.3 Å². The zero-order valence-electron chi connectivity index (χ0n) is 40.5. The van der Waals surface area contributed by atoms with Crippen LogP contribution < -0.4 is 5.32 Å². The number of nitrogens with zero attached hydrogens (tertiary/aromatic N) is 1. The molecule has 1 N–H and O–H groups in total. The number of amides is 1. The fourth-order valence-corrected chi connectivity index (χ4v) is 8.23. The number of nitrogens with one attached hydrogen (secondary N) is 1. The quantitative estimate of drug-likeness (QED) is 0.0377. The van der Waals surface area contributed by atoms with Crippen LogP contribution in [0.5, 0.6) is 0 Å². The second-order valence-electron chi connectivity index (χ2n) is 17.8. The second kappa shape index (κ2) is 45.6. The SMILES string of the molecule is C=C=C(CCCCCCCN(CCCCCCCC(=C=C)OC(CCCCCCCC)CCCCCCCC)CCCNC(=O)CC)OCCC(CCCC)CCCC. The van der Waals surface area contributed by atoms with Crippen molar-refractivity contribution in [3.63, 3.8) is 0 Å². The minimum absolute atomic E-state index is 0.158. The molecule has 0 atom stereocenters. The number of allylic oxidation sites excluding steroid dienone is 2. The highest BCUT2D eigenvalue weighted by Gasteiger charge is 2.13. The molecule has 1 amide bonds. The first-order chi connectivity index (χ1) is 29.0. The van der Waals surface area contributed by atoms with Crippen LogP contribution in [0.2, 0.25) is 0 Å². The normalized spacial score (nSPS) is 11.3. The van der Waals surface area contributed by atoms with E-state index >= 15 is 0 Å². The van der Waals surface area contributed by atoms with E-state index in [-0.39, 0.29) is 5.91 Å². The van der Waals surface area contributed by atoms with E-state index in [1.54, 1.807) is 0 Å². The van der Waals surface area contributed by atoms with Crippen molar-refractivity contribution in [2.45, 2.75) is 265 Å². The molecule has 0 bridgehead atoms. The summed E-state index contributed by atoms with van der Waals surface area (Å²) in [6.45, 7) is 24.0. The summed E-state index contributed by atoms with van der Waals surface area (Å²) in [7, 11) is 0. The van der Waals surface area contributed by atoms with Crippen LogP contribution in [0.1, 0.15) is 259 Å². The molecule has 0 spiro atoms. The molecule has 0 fully saturated rings. The van der Waals surface area contributed by atoms with E-state index in [0.29, 0.717) is 12.5 Å². The Morgan fingerprint density at radius 1 is 0.508 bits per heavy atom. The van der Waals surface area contributed by atoms with Crippen molar-refractivity contribution in [3.05, 3.63) is 36.1 Å². The van der Waals surface area contributed by atoms with Crippen molar-refractivity contribution in [2.75, 3.05) is 32.8 Å². The monoisotopic (exact) mass is 827 g/mol. The molecule has 0 unspecified atom stereocenters. The van der Waals surface area contributed by atoms with Gasteiger partial charge in [0.05, 0.1) is 12.7 Å². The van der Waals surface area contributed by atoms with Crippen LogP contribution >= 0.6 is 0 Å². The van der Waals surface area contributed by atoms with Crippen LogP contribution in [0.15, 0.2) is 36.1 Å². The van der Waals surface area contributed by atoms with E-state index in [1.807, 2.05) is 6.92 Å². The first kappa shape index (κ1) is 57.1. The van der Waals surface area contributed by atoms with Gasteiger partial charge in [0.2, 0.25) is 5.91 Å². The number of rotatable bonds is 47. The minimum atomic E-state index is 0.158. The van der Waals surface area contributed by atoms with Gasteiger partial charge in [0.15, 0.2) is 0 Å². The van der Waals surface area contributed by atoms with Crippen LogP contribution in [-0.4, -0.2) is 49.7 Å². The van der Waals surface area contributed by atoms with Gasteiger partial charge in [0.1, 0.15) is 11.5 Å². The predicted octanol–water partition coefficient (Wildman–Crippen LogP) is 16.5. The van der Waals surface area contributed by atoms with Crippen LogP contribution in [0, 0.1) is 5.92 Å². The Morgan fingerprint density at radius 2 is 0.949 bits per heavy atom. The highest BCUT2D eigenvalue weighted by Crippen LogP contribution is 2.23. The number of unbranched alkanes of at least 4 members (excludes halogenated alkanes) is 20. The molecular formula is C54H102N2O3. The van der Waals surface area contributed by atoms with Crippen molar-refractivity contribution in [1.82, 2.24) is 10.2 Å². The molecule has 5 heteroatoms. The maximum Gasteiger partial charge on any atom is 0.219 e. The number of hydrogen-bond donors (Lipinski definition) is 1. The van der Waals surface area contributed by atoms with Crippen LogP contribution in [0.4, 0.5) is 0 Å². The fraction of sp³-hybridized carbons (Fsp3) is 0.870. The van der Waals surface area contributed by atoms with Crippen molar-refractivity contribution >= 4 is 5.91 Å². The Labute approximate surface area is 369 Å². The van der Waals surface area contributed by atoms with Crippen molar-refractivity contribution in [3.8, 4) is 0 Å². The third-order valence-electron chi connectivity index (χ3n) is 12.2. The van der Waals surface area contributed by atoms with E-state index in [4.69, 9.17) is 9.47 Å². The zero-order chi connectivity index (χ0) is 43.3. The molecule has 0 aliphatic carbocycles. The standard InChI is InChI=1S/C54H102N2O3/c1-8-15-19-21-25-33-42-53(43-34-26-22-20-16-9-2)59-52(13-6)41-32-28-24-30-36-47-56(48-37-45-55-54(57)14-7)46-35-29-23-27-31-40-51(12-5)58-49-44-50(38-17-10-3)39-18-11-4/h50,53H,5-6,8-11,14-49H2,1-4,7H3,(H,55,57).